The zero-order valence-electron chi connectivity index (χ0n) is 25.3. The summed E-state index contributed by atoms with van der Waals surface area (Å²) in [5, 5.41) is 7.06. The molecule has 0 spiro atoms. The zero-order chi connectivity index (χ0) is 28.6. The SMILES string of the molecule is CCCCCC(C)(C)c1ccc(N=[N-])c(Sc2cc(C(C)(C)CCCCC)ccc2N=[N-])c1.CCCCN.[Ni+2]. The molecule has 0 aliphatic carbocycles. The van der Waals surface area contributed by atoms with Crippen LogP contribution in [-0.2, 0) is 27.3 Å². The molecule has 0 atom stereocenters. The first-order valence-corrected chi connectivity index (χ1v) is 15.3. The van der Waals surface area contributed by atoms with Crippen LogP contribution in [0, 0.1) is 0 Å². The second kappa shape index (κ2) is 19.5. The number of benzene rings is 2. The van der Waals surface area contributed by atoms with Gasteiger partial charge in [0.05, 0.1) is 11.4 Å². The van der Waals surface area contributed by atoms with Crippen LogP contribution in [-0.4, -0.2) is 6.54 Å². The van der Waals surface area contributed by atoms with Crippen molar-refractivity contribution in [3.05, 3.63) is 58.6 Å². The quantitative estimate of drug-likeness (QED) is 0.119. The van der Waals surface area contributed by atoms with Gasteiger partial charge in [0, 0.05) is 9.79 Å². The second-order valence-electron chi connectivity index (χ2n) is 11.5. The van der Waals surface area contributed by atoms with Crippen molar-refractivity contribution in [2.24, 2.45) is 16.0 Å². The maximum atomic E-state index is 9.63. The summed E-state index contributed by atoms with van der Waals surface area (Å²) < 4.78 is 0. The molecule has 220 valence electrons. The summed E-state index contributed by atoms with van der Waals surface area (Å²) >= 11 is 1.50. The van der Waals surface area contributed by atoms with E-state index in [9.17, 15) is 11.1 Å². The summed E-state index contributed by atoms with van der Waals surface area (Å²) in [6, 6.07) is 12.2. The summed E-state index contributed by atoms with van der Waals surface area (Å²) in [4.78, 5) is 1.73. The maximum absolute atomic E-state index is 9.63. The Hall–Kier alpha value is -1.56. The minimum absolute atomic E-state index is 0. The Morgan fingerprint density at radius 2 is 1.05 bits per heavy atom. The third kappa shape index (κ3) is 12.7. The van der Waals surface area contributed by atoms with Crippen molar-refractivity contribution < 1.29 is 16.5 Å². The maximum Gasteiger partial charge on any atom is 2.00 e. The zero-order valence-corrected chi connectivity index (χ0v) is 27.1. The van der Waals surface area contributed by atoms with E-state index >= 15 is 0 Å². The summed E-state index contributed by atoms with van der Waals surface area (Å²) in [5.41, 5.74) is 28.0. The number of nitrogens with zero attached hydrogens (tertiary/aromatic N) is 4. The van der Waals surface area contributed by atoms with Crippen molar-refractivity contribution in [1.29, 1.82) is 0 Å². The molecule has 0 heterocycles. The molecule has 7 heteroatoms. The molecule has 0 amide bonds. The van der Waals surface area contributed by atoms with Crippen LogP contribution in [0.2, 0.25) is 0 Å². The molecule has 0 saturated carbocycles. The van der Waals surface area contributed by atoms with Gasteiger partial charge in [-0.15, -0.1) is 0 Å². The van der Waals surface area contributed by atoms with Crippen LogP contribution in [0.5, 0.6) is 0 Å². The molecule has 0 aromatic heterocycles. The third-order valence-electron chi connectivity index (χ3n) is 7.29. The van der Waals surface area contributed by atoms with E-state index < -0.39 is 0 Å². The molecule has 0 aliphatic heterocycles. The van der Waals surface area contributed by atoms with Gasteiger partial charge in [0.15, 0.2) is 0 Å². The molecule has 0 saturated heterocycles. The molecule has 0 radical (unpaired) electrons. The van der Waals surface area contributed by atoms with Crippen LogP contribution in [0.3, 0.4) is 0 Å². The topological polar surface area (TPSA) is 95.3 Å². The van der Waals surface area contributed by atoms with Gasteiger partial charge < -0.3 is 27.0 Å². The largest absolute Gasteiger partial charge is 2.00 e. The summed E-state index contributed by atoms with van der Waals surface area (Å²) in [5.74, 6) is 0. The predicted octanol–water partition coefficient (Wildman–Crippen LogP) is 11.6. The molecule has 0 fully saturated rings. The van der Waals surface area contributed by atoms with Gasteiger partial charge in [0.2, 0.25) is 0 Å². The molecular weight excluding hydrogens is 545 g/mol. The van der Waals surface area contributed by atoms with E-state index in [1.54, 1.807) is 0 Å². The molecule has 0 bridgehead atoms. The van der Waals surface area contributed by atoms with E-state index in [0.29, 0.717) is 11.4 Å². The number of nitrogens with two attached hydrogens (primary N) is 1. The Kier molecular flexibility index (Phi) is 18.7. The fraction of sp³-hybridized carbons (Fsp3) is 0.625. The minimum atomic E-state index is 0. The van der Waals surface area contributed by atoms with Gasteiger partial charge in [-0.1, -0.05) is 117 Å². The van der Waals surface area contributed by atoms with Crippen LogP contribution in [0.25, 0.3) is 11.1 Å². The number of unbranched alkanes of at least 4 members (excludes halogenated alkanes) is 5. The van der Waals surface area contributed by atoms with Crippen LogP contribution >= 0.6 is 11.8 Å². The normalized spacial score (nSPS) is 11.3. The van der Waals surface area contributed by atoms with Gasteiger partial charge in [-0.3, -0.25) is 0 Å². The fourth-order valence-corrected chi connectivity index (χ4v) is 5.48. The van der Waals surface area contributed by atoms with Gasteiger partial charge in [-0.05, 0) is 72.0 Å². The molecule has 2 rings (SSSR count). The Morgan fingerprint density at radius 1 is 0.667 bits per heavy atom. The molecule has 5 nitrogen and oxygen atoms in total. The van der Waals surface area contributed by atoms with Gasteiger partial charge in [-0.2, -0.15) is 0 Å². The van der Waals surface area contributed by atoms with Crippen molar-refractivity contribution in [2.75, 3.05) is 6.54 Å². The summed E-state index contributed by atoms with van der Waals surface area (Å²) in [7, 11) is 0. The van der Waals surface area contributed by atoms with Crippen LogP contribution in [0.1, 0.15) is 124 Å². The average molecular weight is 597 g/mol. The van der Waals surface area contributed by atoms with Crippen molar-refractivity contribution in [3.8, 4) is 0 Å². The Balaban J connectivity index is 0.00000220. The van der Waals surface area contributed by atoms with E-state index in [1.807, 2.05) is 12.1 Å². The fourth-order valence-electron chi connectivity index (χ4n) is 4.44. The van der Waals surface area contributed by atoms with Gasteiger partial charge >= 0.3 is 16.5 Å². The molecular formula is C32H51N5NiS. The Morgan fingerprint density at radius 3 is 1.33 bits per heavy atom. The first-order valence-electron chi connectivity index (χ1n) is 14.5. The molecule has 2 aromatic rings. The molecule has 2 N–H and O–H groups in total. The van der Waals surface area contributed by atoms with Crippen LogP contribution in [0.4, 0.5) is 11.4 Å². The molecule has 0 unspecified atom stereocenters. The van der Waals surface area contributed by atoms with Crippen LogP contribution in [0.15, 0.2) is 56.4 Å². The van der Waals surface area contributed by atoms with E-state index in [0.717, 1.165) is 29.2 Å². The smallest absolute Gasteiger partial charge is 0.706 e. The van der Waals surface area contributed by atoms with Crippen molar-refractivity contribution in [2.45, 2.75) is 133 Å². The Bertz CT molecular complexity index is 913. The van der Waals surface area contributed by atoms with Crippen molar-refractivity contribution in [1.82, 2.24) is 0 Å². The minimum Gasteiger partial charge on any atom is -0.706 e. The summed E-state index contributed by atoms with van der Waals surface area (Å²) in [6.07, 6.45) is 11.9. The molecule has 39 heavy (non-hydrogen) atoms. The standard InChI is InChI=1S/C28H40N4S.C4H11N.Ni/c1-7-9-11-17-27(3,4)21-13-15-23(31-29)25(19-21)33-26-20-22(14-16-24(26)32-30)28(5,6)18-12-10-8-2;1-2-3-4-5;/h13-16,19-20H,7-12,17-18H2,1-6H3;2-5H2,1H3;/q-2;;+2. The van der Waals surface area contributed by atoms with Crippen LogP contribution < -0.4 is 5.73 Å². The summed E-state index contributed by atoms with van der Waals surface area (Å²) in [6.45, 7) is 16.5. The monoisotopic (exact) mass is 595 g/mol. The Labute approximate surface area is 253 Å². The van der Waals surface area contributed by atoms with E-state index in [2.05, 4.69) is 83.0 Å². The third-order valence-corrected chi connectivity index (χ3v) is 8.38. The number of rotatable bonds is 16. The number of hydrogen-bond donors (Lipinski definition) is 1. The average Bonchev–Trinajstić information content (AvgIpc) is 2.89. The second-order valence-corrected chi connectivity index (χ2v) is 12.6. The van der Waals surface area contributed by atoms with E-state index in [4.69, 9.17) is 5.73 Å². The van der Waals surface area contributed by atoms with Gasteiger partial charge in [0.1, 0.15) is 0 Å². The van der Waals surface area contributed by atoms with Gasteiger partial charge in [-0.25, -0.2) is 0 Å². The van der Waals surface area contributed by atoms with Crippen molar-refractivity contribution in [3.63, 3.8) is 0 Å². The van der Waals surface area contributed by atoms with E-state index in [-0.39, 0.29) is 27.3 Å². The molecule has 2 aromatic carbocycles. The first-order chi connectivity index (χ1) is 18.1. The van der Waals surface area contributed by atoms with Gasteiger partial charge in [0.25, 0.3) is 0 Å². The number of hydrogen-bond acceptors (Lipinski definition) is 4. The molecule has 0 aliphatic rings. The predicted molar refractivity (Wildman–Crippen MR) is 166 cm³/mol. The van der Waals surface area contributed by atoms with Crippen molar-refractivity contribution >= 4 is 23.1 Å². The van der Waals surface area contributed by atoms with E-state index in [1.165, 1.54) is 74.3 Å². The first kappa shape index (κ1) is 37.4.